The molecule has 0 saturated carbocycles. The lowest BCUT2D eigenvalue weighted by atomic mass is 10.0. The fraction of sp³-hybridized carbons (Fsp3) is 0.455. The van der Waals surface area contributed by atoms with Gasteiger partial charge in [0.25, 0.3) is 0 Å². The highest BCUT2D eigenvalue weighted by molar-refractivity contribution is 9.12. The molecule has 1 aromatic rings. The maximum absolute atomic E-state index is 13.4. The largest absolute Gasteiger partial charge is 0.477 e. The summed E-state index contributed by atoms with van der Waals surface area (Å²) in [5.74, 6) is 0.506. The van der Waals surface area contributed by atoms with E-state index >= 15 is 0 Å². The molecule has 0 radical (unpaired) electrons. The highest BCUT2D eigenvalue weighted by Crippen LogP contribution is 2.46. The summed E-state index contributed by atoms with van der Waals surface area (Å²) in [4.78, 5) is -0.0231. The fourth-order valence-electron chi connectivity index (χ4n) is 1.83. The quantitative estimate of drug-likeness (QED) is 0.829. The maximum Gasteiger partial charge on any atom is 0.169 e. The van der Waals surface area contributed by atoms with Crippen molar-refractivity contribution in [3.8, 4) is 5.75 Å². The first kappa shape index (κ1) is 12.3. The smallest absolute Gasteiger partial charge is 0.169 e. The first-order valence-corrected chi connectivity index (χ1v) is 6.85. The lowest BCUT2D eigenvalue weighted by molar-refractivity contribution is 0.325. The molecule has 1 heterocycles. The van der Waals surface area contributed by atoms with E-state index in [1.807, 2.05) is 6.92 Å². The first-order chi connectivity index (χ1) is 7.49. The number of fused-ring (bicyclic) bond motifs is 1. The Kier molecular flexibility index (Phi) is 3.56. The molecule has 3 unspecified atom stereocenters. The average Bonchev–Trinajstić information content (AvgIpc) is 2.44. The molecule has 1 aromatic carbocycles. The number of alkyl halides is 2. The summed E-state index contributed by atoms with van der Waals surface area (Å²) in [7, 11) is 0. The number of halogens is 3. The van der Waals surface area contributed by atoms with E-state index in [1.54, 1.807) is 0 Å². The van der Waals surface area contributed by atoms with E-state index < -0.39 is 0 Å². The number of hydrogen-bond donors (Lipinski definition) is 1. The van der Waals surface area contributed by atoms with Crippen molar-refractivity contribution in [3.05, 3.63) is 29.1 Å². The molecule has 2 N–H and O–H groups in total. The van der Waals surface area contributed by atoms with Crippen molar-refractivity contribution in [2.24, 2.45) is 5.73 Å². The highest BCUT2D eigenvalue weighted by atomic mass is 79.9. The normalized spacial score (nSPS) is 25.1. The number of ether oxygens (including phenoxy) is 1. The summed E-state index contributed by atoms with van der Waals surface area (Å²) in [6, 6.07) is 2.98. The maximum atomic E-state index is 13.4. The second kappa shape index (κ2) is 4.63. The molecule has 0 bridgehead atoms. The molecule has 0 aromatic heterocycles. The Labute approximate surface area is 111 Å². The van der Waals surface area contributed by atoms with Crippen molar-refractivity contribution < 1.29 is 9.13 Å². The van der Waals surface area contributed by atoms with Gasteiger partial charge >= 0.3 is 0 Å². The molecule has 1 aliphatic heterocycles. The molecule has 2 rings (SSSR count). The van der Waals surface area contributed by atoms with Gasteiger partial charge in [0.2, 0.25) is 0 Å². The molecule has 0 saturated heterocycles. The van der Waals surface area contributed by atoms with Crippen LogP contribution in [0.25, 0.3) is 0 Å². The van der Waals surface area contributed by atoms with Crippen molar-refractivity contribution in [3.63, 3.8) is 0 Å². The number of benzene rings is 1. The standard InChI is InChI=1S/C11H12Br2FNO/c1-5(15)2-6-3-7(14)4-8-9(12)11(13)16-10(6)8/h3-5,9,11H,2,15H2,1H3. The van der Waals surface area contributed by atoms with Crippen LogP contribution in [0.2, 0.25) is 0 Å². The summed E-state index contributed by atoms with van der Waals surface area (Å²) in [6.07, 6.45) is 0.611. The molecule has 16 heavy (non-hydrogen) atoms. The zero-order chi connectivity index (χ0) is 11.9. The van der Waals surface area contributed by atoms with Crippen LogP contribution in [0.15, 0.2) is 12.1 Å². The summed E-state index contributed by atoms with van der Waals surface area (Å²) >= 11 is 6.85. The third-order valence-electron chi connectivity index (χ3n) is 2.46. The van der Waals surface area contributed by atoms with Crippen molar-refractivity contribution in [1.82, 2.24) is 0 Å². The van der Waals surface area contributed by atoms with Gasteiger partial charge in [0.05, 0.1) is 4.83 Å². The molecule has 0 fully saturated rings. The summed E-state index contributed by atoms with van der Waals surface area (Å²) in [5.41, 5.74) is 7.41. The van der Waals surface area contributed by atoms with E-state index in [2.05, 4.69) is 31.9 Å². The highest BCUT2D eigenvalue weighted by Gasteiger charge is 2.33. The van der Waals surface area contributed by atoms with Crippen LogP contribution in [-0.2, 0) is 6.42 Å². The Bertz CT molecular complexity index is 411. The van der Waals surface area contributed by atoms with Crippen LogP contribution in [-0.4, -0.2) is 11.1 Å². The minimum atomic E-state index is -0.246. The van der Waals surface area contributed by atoms with Gasteiger partial charge in [0.1, 0.15) is 11.6 Å². The predicted octanol–water partition coefficient (Wildman–Crippen LogP) is 3.26. The second-order valence-electron chi connectivity index (χ2n) is 4.04. The van der Waals surface area contributed by atoms with Crippen LogP contribution >= 0.6 is 31.9 Å². The van der Waals surface area contributed by atoms with E-state index in [4.69, 9.17) is 10.5 Å². The summed E-state index contributed by atoms with van der Waals surface area (Å²) < 4.78 is 19.1. The Morgan fingerprint density at radius 3 is 2.81 bits per heavy atom. The van der Waals surface area contributed by atoms with Crippen LogP contribution in [0.1, 0.15) is 22.9 Å². The van der Waals surface area contributed by atoms with Crippen molar-refractivity contribution in [2.45, 2.75) is 29.2 Å². The molecule has 5 heteroatoms. The molecular formula is C11H12Br2FNO. The van der Waals surface area contributed by atoms with Gasteiger partial charge in [-0.2, -0.15) is 0 Å². The SMILES string of the molecule is CC(N)Cc1cc(F)cc2c1OC(Br)C2Br. The van der Waals surface area contributed by atoms with Gasteiger partial charge in [-0.25, -0.2) is 4.39 Å². The fourth-order valence-corrected chi connectivity index (χ4v) is 2.75. The molecule has 88 valence electrons. The number of hydrogen-bond acceptors (Lipinski definition) is 2. The molecule has 0 spiro atoms. The Hall–Kier alpha value is -0.130. The van der Waals surface area contributed by atoms with Crippen molar-refractivity contribution >= 4 is 31.9 Å². The third-order valence-corrected chi connectivity index (χ3v) is 4.86. The molecule has 2 nitrogen and oxygen atoms in total. The van der Waals surface area contributed by atoms with Gasteiger partial charge in [-0.05, 0) is 47.0 Å². The lowest BCUT2D eigenvalue weighted by Gasteiger charge is -2.10. The van der Waals surface area contributed by atoms with Gasteiger partial charge < -0.3 is 10.5 Å². The van der Waals surface area contributed by atoms with E-state index in [0.717, 1.165) is 16.9 Å². The second-order valence-corrected chi connectivity index (χ2v) is 5.92. The molecule has 3 atom stereocenters. The first-order valence-electron chi connectivity index (χ1n) is 5.01. The lowest BCUT2D eigenvalue weighted by Crippen LogP contribution is -2.18. The van der Waals surface area contributed by atoms with Crippen LogP contribution < -0.4 is 10.5 Å². The molecule has 1 aliphatic rings. The van der Waals surface area contributed by atoms with Gasteiger partial charge in [-0.15, -0.1) is 0 Å². The van der Waals surface area contributed by atoms with Gasteiger partial charge in [0.15, 0.2) is 5.01 Å². The Morgan fingerprint density at radius 2 is 2.19 bits per heavy atom. The minimum Gasteiger partial charge on any atom is -0.477 e. The van der Waals surface area contributed by atoms with E-state index in [1.165, 1.54) is 12.1 Å². The summed E-state index contributed by atoms with van der Waals surface area (Å²) in [5, 5.41) is -0.156. The van der Waals surface area contributed by atoms with Crippen molar-refractivity contribution in [2.75, 3.05) is 0 Å². The zero-order valence-corrected chi connectivity index (χ0v) is 11.9. The van der Waals surface area contributed by atoms with Gasteiger partial charge in [-0.3, -0.25) is 0 Å². The molecule has 0 amide bonds. The van der Waals surface area contributed by atoms with Crippen molar-refractivity contribution in [1.29, 1.82) is 0 Å². The van der Waals surface area contributed by atoms with E-state index in [9.17, 15) is 4.39 Å². The Morgan fingerprint density at radius 1 is 1.50 bits per heavy atom. The van der Waals surface area contributed by atoms with Crippen LogP contribution in [0, 0.1) is 5.82 Å². The number of rotatable bonds is 2. The average molecular weight is 353 g/mol. The topological polar surface area (TPSA) is 35.2 Å². The van der Waals surface area contributed by atoms with Gasteiger partial charge in [0, 0.05) is 11.6 Å². The van der Waals surface area contributed by atoms with E-state index in [0.29, 0.717) is 6.42 Å². The van der Waals surface area contributed by atoms with Crippen LogP contribution in [0.4, 0.5) is 4.39 Å². The van der Waals surface area contributed by atoms with Gasteiger partial charge in [-0.1, -0.05) is 15.9 Å². The zero-order valence-electron chi connectivity index (χ0n) is 8.71. The third kappa shape index (κ3) is 2.26. The predicted molar refractivity (Wildman–Crippen MR) is 68.8 cm³/mol. The molecular weight excluding hydrogens is 341 g/mol. The Balaban J connectivity index is 2.44. The minimum absolute atomic E-state index is 0.0161. The van der Waals surface area contributed by atoms with Crippen LogP contribution in [0.5, 0.6) is 5.75 Å². The summed E-state index contributed by atoms with van der Waals surface area (Å²) in [6.45, 7) is 1.89. The molecule has 0 aliphatic carbocycles. The van der Waals surface area contributed by atoms with Crippen LogP contribution in [0.3, 0.4) is 0 Å². The number of nitrogens with two attached hydrogens (primary N) is 1. The monoisotopic (exact) mass is 351 g/mol. The van der Waals surface area contributed by atoms with E-state index in [-0.39, 0.29) is 21.7 Å².